The summed E-state index contributed by atoms with van der Waals surface area (Å²) in [6.45, 7) is 0. The van der Waals surface area contributed by atoms with Crippen molar-refractivity contribution in [1.29, 1.82) is 0 Å². The molecule has 0 radical (unpaired) electrons. The highest BCUT2D eigenvalue weighted by molar-refractivity contribution is 6.08. The molecule has 1 amide bonds. The first-order chi connectivity index (χ1) is 11.7. The number of carbonyl (C=O) groups is 2. The van der Waals surface area contributed by atoms with E-state index in [2.05, 4.69) is 15.0 Å². The summed E-state index contributed by atoms with van der Waals surface area (Å²) in [5, 5.41) is 8.92. The molecule has 3 rings (SSSR count). The van der Waals surface area contributed by atoms with Gasteiger partial charge in [0, 0.05) is 18.6 Å². The molecular weight excluding hydrogens is 308 g/mol. The van der Waals surface area contributed by atoms with Gasteiger partial charge in [-0.2, -0.15) is 0 Å². The van der Waals surface area contributed by atoms with Gasteiger partial charge in [-0.15, -0.1) is 0 Å². The highest BCUT2D eigenvalue weighted by Gasteiger charge is 2.23. The van der Waals surface area contributed by atoms with Crippen molar-refractivity contribution in [2.45, 2.75) is 0 Å². The Bertz CT molecular complexity index is 813. The van der Waals surface area contributed by atoms with E-state index in [9.17, 15) is 9.59 Å². The second-order valence-corrected chi connectivity index (χ2v) is 4.75. The Morgan fingerprint density at radius 2 is 1.46 bits per heavy atom. The number of amides is 1. The summed E-state index contributed by atoms with van der Waals surface area (Å²) in [5.74, 6) is -0.771. The van der Waals surface area contributed by atoms with E-state index >= 15 is 0 Å². The molecule has 0 aliphatic carbocycles. The van der Waals surface area contributed by atoms with Crippen molar-refractivity contribution in [3.63, 3.8) is 0 Å². The molecule has 118 valence electrons. The lowest BCUT2D eigenvalue weighted by Gasteiger charge is -2.20. The fourth-order valence-electron chi connectivity index (χ4n) is 2.06. The molecule has 0 spiro atoms. The number of carboxylic acid groups (broad SMARTS) is 1. The van der Waals surface area contributed by atoms with Gasteiger partial charge in [-0.3, -0.25) is 9.78 Å². The second kappa shape index (κ2) is 6.66. The number of pyridine rings is 3. The molecule has 1 N–H and O–H groups in total. The van der Waals surface area contributed by atoms with Crippen LogP contribution in [0.2, 0.25) is 0 Å². The minimum atomic E-state index is -1.10. The van der Waals surface area contributed by atoms with Crippen LogP contribution in [0.4, 0.5) is 11.6 Å². The number of aromatic nitrogens is 3. The van der Waals surface area contributed by atoms with Crippen LogP contribution in [0.1, 0.15) is 20.8 Å². The lowest BCUT2D eigenvalue weighted by atomic mass is 10.2. The van der Waals surface area contributed by atoms with Gasteiger partial charge in [-0.25, -0.2) is 19.7 Å². The maximum atomic E-state index is 12.9. The van der Waals surface area contributed by atoms with Crippen LogP contribution in [0.3, 0.4) is 0 Å². The van der Waals surface area contributed by atoms with Gasteiger partial charge in [0.15, 0.2) is 0 Å². The molecular formula is C17H12N4O3. The molecule has 3 aromatic heterocycles. The number of aromatic carboxylic acids is 1. The first-order valence-corrected chi connectivity index (χ1v) is 7.02. The van der Waals surface area contributed by atoms with Gasteiger partial charge >= 0.3 is 5.97 Å². The molecule has 3 heterocycles. The van der Waals surface area contributed by atoms with E-state index in [1.54, 1.807) is 48.8 Å². The first-order valence-electron chi connectivity index (χ1n) is 7.02. The number of nitrogens with zero attached hydrogens (tertiary/aromatic N) is 4. The van der Waals surface area contributed by atoms with E-state index < -0.39 is 11.9 Å². The van der Waals surface area contributed by atoms with Gasteiger partial charge < -0.3 is 5.11 Å². The second-order valence-electron chi connectivity index (χ2n) is 4.75. The van der Waals surface area contributed by atoms with Crippen molar-refractivity contribution in [1.82, 2.24) is 15.0 Å². The van der Waals surface area contributed by atoms with Gasteiger partial charge in [0.1, 0.15) is 17.3 Å². The lowest BCUT2D eigenvalue weighted by Crippen LogP contribution is -2.28. The number of carboxylic acids is 1. The third kappa shape index (κ3) is 3.09. The molecule has 24 heavy (non-hydrogen) atoms. The topological polar surface area (TPSA) is 96.3 Å². The minimum Gasteiger partial charge on any atom is -0.478 e. The predicted molar refractivity (Wildman–Crippen MR) is 86.1 cm³/mol. The lowest BCUT2D eigenvalue weighted by molar-refractivity contribution is 0.0695. The Morgan fingerprint density at radius 3 is 1.88 bits per heavy atom. The minimum absolute atomic E-state index is 0.00812. The summed E-state index contributed by atoms with van der Waals surface area (Å²) >= 11 is 0. The summed E-state index contributed by atoms with van der Waals surface area (Å²) < 4.78 is 0. The number of carbonyl (C=O) groups excluding carboxylic acids is 1. The zero-order valence-electron chi connectivity index (χ0n) is 12.4. The van der Waals surface area contributed by atoms with Crippen molar-refractivity contribution in [3.05, 3.63) is 78.4 Å². The van der Waals surface area contributed by atoms with Crippen LogP contribution in [-0.4, -0.2) is 31.9 Å². The van der Waals surface area contributed by atoms with Crippen LogP contribution in [0.5, 0.6) is 0 Å². The fraction of sp³-hybridized carbons (Fsp3) is 0. The van der Waals surface area contributed by atoms with Crippen molar-refractivity contribution in [2.75, 3.05) is 4.90 Å². The number of anilines is 2. The summed E-state index contributed by atoms with van der Waals surface area (Å²) in [6.07, 6.45) is 4.28. The largest absolute Gasteiger partial charge is 0.478 e. The number of hydrogen-bond donors (Lipinski definition) is 1. The molecule has 0 aromatic carbocycles. The van der Waals surface area contributed by atoms with Gasteiger partial charge in [0.2, 0.25) is 0 Å². The molecule has 0 unspecified atom stereocenters. The Balaban J connectivity index is 2.02. The van der Waals surface area contributed by atoms with E-state index in [1.165, 1.54) is 17.0 Å². The van der Waals surface area contributed by atoms with Crippen molar-refractivity contribution in [2.24, 2.45) is 0 Å². The summed E-state index contributed by atoms with van der Waals surface area (Å²) in [5.41, 5.74) is 0.102. The molecule has 0 aliphatic rings. The summed E-state index contributed by atoms with van der Waals surface area (Å²) in [6, 6.07) is 13.0. The average molecular weight is 320 g/mol. The van der Waals surface area contributed by atoms with E-state index in [-0.39, 0.29) is 11.3 Å². The monoisotopic (exact) mass is 320 g/mol. The van der Waals surface area contributed by atoms with E-state index in [0.29, 0.717) is 11.6 Å². The Hall–Kier alpha value is -3.61. The van der Waals surface area contributed by atoms with Gasteiger partial charge in [-0.05, 0) is 36.4 Å². The molecule has 7 heteroatoms. The van der Waals surface area contributed by atoms with Gasteiger partial charge in [0.25, 0.3) is 5.91 Å². The third-order valence-corrected chi connectivity index (χ3v) is 3.19. The number of rotatable bonds is 4. The molecule has 0 fully saturated rings. The molecule has 0 saturated carbocycles. The predicted octanol–water partition coefficient (Wildman–Crippen LogP) is 2.55. The summed E-state index contributed by atoms with van der Waals surface area (Å²) in [4.78, 5) is 37.4. The molecule has 0 bridgehead atoms. The zero-order chi connectivity index (χ0) is 16.9. The van der Waals surface area contributed by atoms with Crippen LogP contribution in [-0.2, 0) is 0 Å². The van der Waals surface area contributed by atoms with Gasteiger partial charge in [0.05, 0.1) is 5.56 Å². The third-order valence-electron chi connectivity index (χ3n) is 3.19. The Morgan fingerprint density at radius 1 is 0.833 bits per heavy atom. The maximum absolute atomic E-state index is 12.9. The van der Waals surface area contributed by atoms with Crippen LogP contribution in [0.25, 0.3) is 0 Å². The molecule has 0 aliphatic heterocycles. The maximum Gasteiger partial charge on any atom is 0.337 e. The quantitative estimate of drug-likeness (QED) is 0.793. The highest BCUT2D eigenvalue weighted by Crippen LogP contribution is 2.23. The zero-order valence-corrected chi connectivity index (χ0v) is 12.4. The smallest absolute Gasteiger partial charge is 0.337 e. The molecule has 0 saturated heterocycles. The highest BCUT2D eigenvalue weighted by atomic mass is 16.4. The van der Waals surface area contributed by atoms with Gasteiger partial charge in [-0.1, -0.05) is 12.1 Å². The Labute approximate surface area is 137 Å². The van der Waals surface area contributed by atoms with E-state index in [1.807, 2.05) is 0 Å². The van der Waals surface area contributed by atoms with E-state index in [4.69, 9.17) is 5.11 Å². The fourth-order valence-corrected chi connectivity index (χ4v) is 2.06. The normalized spacial score (nSPS) is 10.2. The van der Waals surface area contributed by atoms with Crippen LogP contribution < -0.4 is 4.90 Å². The molecule has 7 nitrogen and oxygen atoms in total. The average Bonchev–Trinajstić information content (AvgIpc) is 2.64. The van der Waals surface area contributed by atoms with E-state index in [0.717, 1.165) is 6.20 Å². The van der Waals surface area contributed by atoms with Crippen molar-refractivity contribution >= 4 is 23.5 Å². The first kappa shape index (κ1) is 15.3. The van der Waals surface area contributed by atoms with Crippen LogP contribution in [0.15, 0.2) is 67.1 Å². The van der Waals surface area contributed by atoms with Crippen LogP contribution >= 0.6 is 0 Å². The SMILES string of the molecule is O=C(O)c1ccc(C(=O)N(c2ccccn2)c2ccccn2)nc1. The molecule has 0 atom stereocenters. The number of hydrogen-bond acceptors (Lipinski definition) is 5. The van der Waals surface area contributed by atoms with Crippen LogP contribution in [0, 0.1) is 0 Å². The standard InChI is InChI=1S/C17H12N4O3/c22-16(13-8-7-12(11-20-13)17(23)24)21(14-5-1-3-9-18-14)15-6-2-4-10-19-15/h1-11H,(H,23,24). The van der Waals surface area contributed by atoms with Crippen molar-refractivity contribution in [3.8, 4) is 0 Å². The van der Waals surface area contributed by atoms with Crippen molar-refractivity contribution < 1.29 is 14.7 Å². The summed E-state index contributed by atoms with van der Waals surface area (Å²) in [7, 11) is 0. The Kier molecular flexibility index (Phi) is 4.24. The molecule has 3 aromatic rings.